The minimum Gasteiger partial charge on any atom is -0.306 e. The topological polar surface area (TPSA) is 33.2 Å². The zero-order valence-electron chi connectivity index (χ0n) is 20.9. The summed E-state index contributed by atoms with van der Waals surface area (Å²) in [6.07, 6.45) is 5.58. The van der Waals surface area contributed by atoms with Crippen molar-refractivity contribution >= 4 is 5.78 Å². The quantitative estimate of drug-likeness (QED) is 0.346. The molecular formula is C27H37F3N2O. The van der Waals surface area contributed by atoms with Crippen LogP contribution in [0.5, 0.6) is 0 Å². The van der Waals surface area contributed by atoms with Gasteiger partial charge in [0, 0.05) is 18.7 Å². The van der Waals surface area contributed by atoms with Crippen LogP contribution < -0.4 is 0 Å². The zero-order valence-corrected chi connectivity index (χ0v) is 20.9. The number of alkyl halides is 3. The van der Waals surface area contributed by atoms with Gasteiger partial charge >= 0.3 is 6.18 Å². The molecule has 0 saturated heterocycles. The van der Waals surface area contributed by atoms with Gasteiger partial charge in [0.2, 0.25) is 0 Å². The highest BCUT2D eigenvalue weighted by molar-refractivity contribution is 5.92. The van der Waals surface area contributed by atoms with Crippen molar-refractivity contribution in [3.63, 3.8) is 0 Å². The van der Waals surface area contributed by atoms with Gasteiger partial charge in [0.1, 0.15) is 5.69 Å². The molecule has 3 nitrogen and oxygen atoms in total. The third-order valence-electron chi connectivity index (χ3n) is 4.78. The molecular weight excluding hydrogens is 425 g/mol. The van der Waals surface area contributed by atoms with E-state index in [-0.39, 0.29) is 5.78 Å². The maximum Gasteiger partial charge on any atom is 0.416 e. The molecule has 1 heterocycles. The molecule has 2 aromatic rings. The minimum absolute atomic E-state index is 0.0634. The highest BCUT2D eigenvalue weighted by Crippen LogP contribution is 2.32. The lowest BCUT2D eigenvalue weighted by molar-refractivity contribution is -0.138. The van der Waals surface area contributed by atoms with E-state index in [0.29, 0.717) is 23.2 Å². The van der Waals surface area contributed by atoms with Crippen LogP contribution in [0, 0.1) is 26.2 Å². The summed E-state index contributed by atoms with van der Waals surface area (Å²) in [6, 6.07) is 6.07. The van der Waals surface area contributed by atoms with Crippen molar-refractivity contribution < 1.29 is 18.0 Å². The fraction of sp³-hybridized carbons (Fsp3) is 0.481. The largest absolute Gasteiger partial charge is 0.416 e. The van der Waals surface area contributed by atoms with Crippen LogP contribution in [0.2, 0.25) is 0 Å². The second kappa shape index (κ2) is 15.2. The smallest absolute Gasteiger partial charge is 0.306 e. The van der Waals surface area contributed by atoms with Gasteiger partial charge in [0.25, 0.3) is 0 Å². The third-order valence-corrected chi connectivity index (χ3v) is 4.78. The first-order chi connectivity index (χ1) is 15.4. The van der Waals surface area contributed by atoms with Gasteiger partial charge in [-0.15, -0.1) is 6.42 Å². The highest BCUT2D eigenvalue weighted by atomic mass is 19.4. The number of hydrogen-bond acceptors (Lipinski definition) is 3. The van der Waals surface area contributed by atoms with E-state index in [4.69, 9.17) is 6.42 Å². The van der Waals surface area contributed by atoms with Crippen LogP contribution in [0.4, 0.5) is 13.2 Å². The summed E-state index contributed by atoms with van der Waals surface area (Å²) in [5.74, 6) is 2.43. The lowest BCUT2D eigenvalue weighted by Crippen LogP contribution is -2.19. The van der Waals surface area contributed by atoms with Crippen molar-refractivity contribution in [1.82, 2.24) is 9.88 Å². The molecule has 2 rings (SSSR count). The first-order valence-electron chi connectivity index (χ1n) is 11.2. The minimum atomic E-state index is -4.22. The Bertz CT molecular complexity index is 909. The number of hydrogen-bond donors (Lipinski definition) is 0. The molecule has 0 aliphatic heterocycles. The molecule has 1 aromatic carbocycles. The van der Waals surface area contributed by atoms with E-state index in [1.807, 2.05) is 6.92 Å². The van der Waals surface area contributed by atoms with Crippen LogP contribution in [0.15, 0.2) is 30.5 Å². The monoisotopic (exact) mass is 462 g/mol. The summed E-state index contributed by atoms with van der Waals surface area (Å²) in [7, 11) is 2.17. The predicted molar refractivity (Wildman–Crippen MR) is 131 cm³/mol. The number of pyridine rings is 1. The van der Waals surface area contributed by atoms with Gasteiger partial charge in [0.05, 0.1) is 5.56 Å². The molecule has 0 fully saturated rings. The first kappa shape index (κ1) is 30.4. The summed E-state index contributed by atoms with van der Waals surface area (Å²) in [6.45, 7) is 13.6. The van der Waals surface area contributed by atoms with Gasteiger partial charge in [-0.25, -0.2) is 0 Å². The number of Topliss-reactive ketones (excluding diaryl/α,β-unsaturated/α-hetero) is 1. The van der Waals surface area contributed by atoms with E-state index in [1.165, 1.54) is 45.0 Å². The number of carbonyl (C=O) groups is 1. The second-order valence-corrected chi connectivity index (χ2v) is 7.90. The molecule has 1 aromatic heterocycles. The molecule has 0 bridgehead atoms. The van der Waals surface area contributed by atoms with E-state index in [9.17, 15) is 18.0 Å². The Morgan fingerprint density at radius 1 is 1.09 bits per heavy atom. The zero-order chi connectivity index (χ0) is 25.6. The maximum atomic E-state index is 12.4. The van der Waals surface area contributed by atoms with Crippen LogP contribution >= 0.6 is 0 Å². The Morgan fingerprint density at radius 2 is 1.67 bits per heavy atom. The Morgan fingerprint density at radius 3 is 2.09 bits per heavy atom. The lowest BCUT2D eigenvalue weighted by atomic mass is 10.0. The molecule has 0 radical (unpaired) electrons. The van der Waals surface area contributed by atoms with Crippen molar-refractivity contribution in [2.45, 2.75) is 67.0 Å². The molecule has 0 saturated carbocycles. The fourth-order valence-corrected chi connectivity index (χ4v) is 3.01. The predicted octanol–water partition coefficient (Wildman–Crippen LogP) is 6.89. The number of aromatic nitrogens is 1. The molecule has 0 atom stereocenters. The van der Waals surface area contributed by atoms with Crippen molar-refractivity contribution in [2.24, 2.45) is 0 Å². The SMILES string of the molecule is C#Cc1cc(C(C)=O)ncc1C.CCCN(C)CCC.CCc1ccc(C)cc1C(F)(F)F. The molecule has 0 spiro atoms. The molecule has 6 heteroatoms. The number of ketones is 1. The molecule has 0 amide bonds. The average molecular weight is 463 g/mol. The van der Waals surface area contributed by atoms with E-state index in [2.05, 4.69) is 36.7 Å². The van der Waals surface area contributed by atoms with Crippen LogP contribution in [-0.2, 0) is 12.6 Å². The number of rotatable bonds is 6. The molecule has 0 aliphatic carbocycles. The molecule has 182 valence electrons. The van der Waals surface area contributed by atoms with Crippen molar-refractivity contribution in [2.75, 3.05) is 20.1 Å². The highest BCUT2D eigenvalue weighted by Gasteiger charge is 2.32. The van der Waals surface area contributed by atoms with Crippen molar-refractivity contribution in [3.05, 3.63) is 64.0 Å². The lowest BCUT2D eigenvalue weighted by Gasteiger charge is -2.12. The maximum absolute atomic E-state index is 12.4. The van der Waals surface area contributed by atoms with Crippen LogP contribution in [0.3, 0.4) is 0 Å². The van der Waals surface area contributed by atoms with Gasteiger partial charge in [-0.3, -0.25) is 9.78 Å². The average Bonchev–Trinajstić information content (AvgIpc) is 2.74. The Labute approximate surface area is 197 Å². The summed E-state index contributed by atoms with van der Waals surface area (Å²) in [5, 5.41) is 0. The Balaban J connectivity index is 0.000000480. The summed E-state index contributed by atoms with van der Waals surface area (Å²) >= 11 is 0. The van der Waals surface area contributed by atoms with Crippen molar-refractivity contribution in [3.8, 4) is 12.3 Å². The van der Waals surface area contributed by atoms with Gasteiger partial charge in [-0.2, -0.15) is 13.2 Å². The summed E-state index contributed by atoms with van der Waals surface area (Å²) < 4.78 is 37.2. The molecule has 0 N–H and O–H groups in total. The first-order valence-corrected chi connectivity index (χ1v) is 11.2. The van der Waals surface area contributed by atoms with Crippen molar-refractivity contribution in [1.29, 1.82) is 0 Å². The van der Waals surface area contributed by atoms with E-state index < -0.39 is 11.7 Å². The van der Waals surface area contributed by atoms with Crippen LogP contribution in [0.25, 0.3) is 0 Å². The van der Waals surface area contributed by atoms with E-state index >= 15 is 0 Å². The number of halogens is 3. The van der Waals surface area contributed by atoms with Gasteiger partial charge in [0.15, 0.2) is 5.78 Å². The Kier molecular flexibility index (Phi) is 14.0. The van der Waals surface area contributed by atoms with Gasteiger partial charge in [-0.1, -0.05) is 44.4 Å². The number of nitrogens with zero attached hydrogens (tertiary/aromatic N) is 2. The van der Waals surface area contributed by atoms with Gasteiger partial charge < -0.3 is 4.90 Å². The summed E-state index contributed by atoms with van der Waals surface area (Å²) in [5.41, 5.74) is 2.57. The van der Waals surface area contributed by atoms with Gasteiger partial charge in [-0.05, 0) is 76.5 Å². The number of carbonyl (C=O) groups excluding carboxylic acids is 1. The third kappa shape index (κ3) is 11.7. The number of terminal acetylenes is 1. The van der Waals surface area contributed by atoms with E-state index in [1.54, 1.807) is 32.2 Å². The molecule has 0 aliphatic rings. The fourth-order valence-electron chi connectivity index (χ4n) is 3.01. The van der Waals surface area contributed by atoms with Crippen LogP contribution in [-0.4, -0.2) is 35.8 Å². The normalized spacial score (nSPS) is 10.5. The van der Waals surface area contributed by atoms with E-state index in [0.717, 1.165) is 11.1 Å². The second-order valence-electron chi connectivity index (χ2n) is 7.90. The number of aryl methyl sites for hydroxylation is 3. The Hall–Kier alpha value is -2.65. The standard InChI is InChI=1S/C10H11F3.C10H9NO.C7H17N/c1-3-8-5-4-7(2)6-9(8)10(11,12)13;1-4-9-5-10(8(3)12)11-6-7(9)2;1-4-6-8(3)7-5-2/h4-6H,3H2,1-2H3;1,5-6H,2-3H3;4-7H2,1-3H3. The molecule has 33 heavy (non-hydrogen) atoms. The number of benzene rings is 1. The summed E-state index contributed by atoms with van der Waals surface area (Å²) in [4.78, 5) is 17.2. The molecule has 0 unspecified atom stereocenters. The van der Waals surface area contributed by atoms with Crippen LogP contribution in [0.1, 0.15) is 78.8 Å².